The second kappa shape index (κ2) is 5.55. The molecule has 1 aromatic carbocycles. The van der Waals surface area contributed by atoms with E-state index in [4.69, 9.17) is 0 Å². The molecule has 0 saturated carbocycles. The standard InChI is InChI=1S/C11H15NO3S2/c1-12(7-8-17(2,14)15)11(13)9-5-3-4-6-10(9)16/h3-6,16H,7-8H2,1-2H3. The lowest BCUT2D eigenvalue weighted by atomic mass is 10.2. The van der Waals surface area contributed by atoms with Crippen LogP contribution >= 0.6 is 12.6 Å². The van der Waals surface area contributed by atoms with E-state index < -0.39 is 9.84 Å². The Bertz CT molecular complexity index is 511. The second-order valence-electron chi connectivity index (χ2n) is 3.87. The largest absolute Gasteiger partial charge is 0.341 e. The Balaban J connectivity index is 2.74. The molecule has 0 aliphatic heterocycles. The van der Waals surface area contributed by atoms with Gasteiger partial charge in [-0.2, -0.15) is 0 Å². The Morgan fingerprint density at radius 3 is 2.47 bits per heavy atom. The first-order chi connectivity index (χ1) is 7.81. The molecule has 1 aromatic rings. The lowest BCUT2D eigenvalue weighted by Gasteiger charge is -2.17. The predicted octanol–water partition coefficient (Wildman–Crippen LogP) is 1.09. The maximum atomic E-state index is 12.0. The van der Waals surface area contributed by atoms with Gasteiger partial charge >= 0.3 is 0 Å². The third-order valence-corrected chi connectivity index (χ3v) is 3.59. The first-order valence-corrected chi connectivity index (χ1v) is 7.53. The molecule has 0 aromatic heterocycles. The summed E-state index contributed by atoms with van der Waals surface area (Å²) >= 11 is 4.19. The summed E-state index contributed by atoms with van der Waals surface area (Å²) in [4.78, 5) is 13.9. The second-order valence-corrected chi connectivity index (χ2v) is 6.62. The van der Waals surface area contributed by atoms with Crippen LogP contribution in [-0.4, -0.2) is 44.8 Å². The summed E-state index contributed by atoms with van der Waals surface area (Å²) in [6.07, 6.45) is 1.15. The van der Waals surface area contributed by atoms with Crippen LogP contribution in [0.3, 0.4) is 0 Å². The average Bonchev–Trinajstić information content (AvgIpc) is 2.24. The van der Waals surface area contributed by atoms with Gasteiger partial charge in [-0.05, 0) is 12.1 Å². The van der Waals surface area contributed by atoms with Crippen molar-refractivity contribution in [1.29, 1.82) is 0 Å². The summed E-state index contributed by atoms with van der Waals surface area (Å²) in [7, 11) is -1.48. The zero-order valence-electron chi connectivity index (χ0n) is 9.75. The molecule has 0 heterocycles. The summed E-state index contributed by atoms with van der Waals surface area (Å²) in [5, 5.41) is 0. The number of carbonyl (C=O) groups excluding carboxylic acids is 1. The maximum absolute atomic E-state index is 12.0. The number of nitrogens with zero attached hydrogens (tertiary/aromatic N) is 1. The van der Waals surface area contributed by atoms with Crippen molar-refractivity contribution < 1.29 is 13.2 Å². The van der Waals surface area contributed by atoms with Gasteiger partial charge in [-0.3, -0.25) is 4.79 Å². The molecule has 4 nitrogen and oxygen atoms in total. The number of thiol groups is 1. The number of carbonyl (C=O) groups is 1. The SMILES string of the molecule is CN(CCS(C)(=O)=O)C(=O)c1ccccc1S. The monoisotopic (exact) mass is 273 g/mol. The van der Waals surface area contributed by atoms with Crippen molar-refractivity contribution in [3.05, 3.63) is 29.8 Å². The van der Waals surface area contributed by atoms with Gasteiger partial charge in [0.05, 0.1) is 11.3 Å². The van der Waals surface area contributed by atoms with Crippen LogP contribution in [0.4, 0.5) is 0 Å². The fourth-order valence-electron chi connectivity index (χ4n) is 1.26. The van der Waals surface area contributed by atoms with Crippen molar-refractivity contribution in [2.24, 2.45) is 0 Å². The molecule has 0 fully saturated rings. The smallest absolute Gasteiger partial charge is 0.254 e. The normalized spacial score (nSPS) is 11.2. The first kappa shape index (κ1) is 14.1. The van der Waals surface area contributed by atoms with E-state index in [0.717, 1.165) is 6.26 Å². The molecule has 1 rings (SSSR count). The van der Waals surface area contributed by atoms with E-state index in [2.05, 4.69) is 12.6 Å². The Hall–Kier alpha value is -1.01. The fraction of sp³-hybridized carbons (Fsp3) is 0.364. The van der Waals surface area contributed by atoms with Gasteiger partial charge in [0.2, 0.25) is 0 Å². The number of hydrogen-bond acceptors (Lipinski definition) is 4. The van der Waals surface area contributed by atoms with Gasteiger partial charge in [-0.1, -0.05) is 12.1 Å². The van der Waals surface area contributed by atoms with Crippen molar-refractivity contribution in [2.45, 2.75) is 4.90 Å². The van der Waals surface area contributed by atoms with Crippen LogP contribution in [-0.2, 0) is 9.84 Å². The minimum Gasteiger partial charge on any atom is -0.341 e. The topological polar surface area (TPSA) is 54.5 Å². The van der Waals surface area contributed by atoms with Crippen LogP contribution < -0.4 is 0 Å². The van der Waals surface area contributed by atoms with Gasteiger partial charge in [0, 0.05) is 24.7 Å². The van der Waals surface area contributed by atoms with Crippen LogP contribution in [0, 0.1) is 0 Å². The van der Waals surface area contributed by atoms with E-state index >= 15 is 0 Å². The van der Waals surface area contributed by atoms with E-state index in [1.165, 1.54) is 4.90 Å². The summed E-state index contributed by atoms with van der Waals surface area (Å²) < 4.78 is 22.0. The van der Waals surface area contributed by atoms with E-state index in [1.807, 2.05) is 0 Å². The van der Waals surface area contributed by atoms with Crippen molar-refractivity contribution >= 4 is 28.4 Å². The van der Waals surface area contributed by atoms with Gasteiger partial charge in [0.25, 0.3) is 5.91 Å². The Kier molecular flexibility index (Phi) is 4.59. The third-order valence-electron chi connectivity index (χ3n) is 2.28. The van der Waals surface area contributed by atoms with Gasteiger partial charge in [0.1, 0.15) is 9.84 Å². The lowest BCUT2D eigenvalue weighted by Crippen LogP contribution is -2.31. The Morgan fingerprint density at radius 2 is 1.94 bits per heavy atom. The number of amides is 1. The summed E-state index contributed by atoms with van der Waals surface area (Å²) in [5.41, 5.74) is 0.479. The zero-order chi connectivity index (χ0) is 13.1. The van der Waals surface area contributed by atoms with Crippen molar-refractivity contribution in [3.63, 3.8) is 0 Å². The minimum atomic E-state index is -3.06. The van der Waals surface area contributed by atoms with E-state index in [1.54, 1.807) is 31.3 Å². The molecule has 0 spiro atoms. The molecule has 0 saturated heterocycles. The molecule has 0 N–H and O–H groups in total. The fourth-order valence-corrected chi connectivity index (χ4v) is 2.13. The van der Waals surface area contributed by atoms with Crippen LogP contribution in [0.5, 0.6) is 0 Å². The molecule has 0 unspecified atom stereocenters. The number of rotatable bonds is 4. The molecule has 94 valence electrons. The minimum absolute atomic E-state index is 0.0377. The number of sulfone groups is 1. The van der Waals surface area contributed by atoms with E-state index in [9.17, 15) is 13.2 Å². The number of benzene rings is 1. The predicted molar refractivity (Wildman–Crippen MR) is 70.4 cm³/mol. The quantitative estimate of drug-likeness (QED) is 0.836. The molecular weight excluding hydrogens is 258 g/mol. The number of hydrogen-bond donors (Lipinski definition) is 1. The molecule has 0 aliphatic rings. The molecule has 17 heavy (non-hydrogen) atoms. The molecule has 0 atom stereocenters. The zero-order valence-corrected chi connectivity index (χ0v) is 11.5. The third kappa shape index (κ3) is 4.40. The maximum Gasteiger partial charge on any atom is 0.254 e. The Morgan fingerprint density at radius 1 is 1.35 bits per heavy atom. The summed E-state index contributed by atoms with van der Waals surface area (Å²) in [6.45, 7) is 0.180. The first-order valence-electron chi connectivity index (χ1n) is 5.02. The molecular formula is C11H15NO3S2. The van der Waals surface area contributed by atoms with Gasteiger partial charge in [-0.25, -0.2) is 8.42 Å². The van der Waals surface area contributed by atoms with Crippen LogP contribution in [0.1, 0.15) is 10.4 Å². The summed E-state index contributed by atoms with van der Waals surface area (Å²) in [6, 6.07) is 6.93. The lowest BCUT2D eigenvalue weighted by molar-refractivity contribution is 0.0800. The van der Waals surface area contributed by atoms with Crippen LogP contribution in [0.15, 0.2) is 29.2 Å². The highest BCUT2D eigenvalue weighted by Gasteiger charge is 2.15. The Labute approximate surface area is 107 Å². The van der Waals surface area contributed by atoms with Crippen molar-refractivity contribution in [3.8, 4) is 0 Å². The summed E-state index contributed by atoms with van der Waals surface area (Å²) in [5.74, 6) is -0.261. The van der Waals surface area contributed by atoms with Crippen molar-refractivity contribution in [2.75, 3.05) is 25.6 Å². The highest BCUT2D eigenvalue weighted by atomic mass is 32.2. The van der Waals surface area contributed by atoms with E-state index in [0.29, 0.717) is 10.5 Å². The molecule has 1 amide bonds. The van der Waals surface area contributed by atoms with Crippen LogP contribution in [0.25, 0.3) is 0 Å². The van der Waals surface area contributed by atoms with Gasteiger partial charge < -0.3 is 4.90 Å². The highest BCUT2D eigenvalue weighted by molar-refractivity contribution is 7.90. The molecule has 0 bridgehead atoms. The molecule has 0 radical (unpaired) electrons. The van der Waals surface area contributed by atoms with E-state index in [-0.39, 0.29) is 18.2 Å². The van der Waals surface area contributed by atoms with Crippen LogP contribution in [0.2, 0.25) is 0 Å². The van der Waals surface area contributed by atoms with Crippen molar-refractivity contribution in [1.82, 2.24) is 4.90 Å². The van der Waals surface area contributed by atoms with Gasteiger partial charge in [0.15, 0.2) is 0 Å². The van der Waals surface area contributed by atoms with Gasteiger partial charge in [-0.15, -0.1) is 12.6 Å². The molecule has 0 aliphatic carbocycles. The highest BCUT2D eigenvalue weighted by Crippen LogP contribution is 2.14. The molecule has 6 heteroatoms. The average molecular weight is 273 g/mol.